The minimum Gasteiger partial charge on any atom is -0.487 e. The van der Waals surface area contributed by atoms with E-state index in [0.29, 0.717) is 52.0 Å². The minimum absolute atomic E-state index is 0.0217. The molecule has 0 atom stereocenters. The van der Waals surface area contributed by atoms with Crippen LogP contribution in [0.1, 0.15) is 44.7 Å². The van der Waals surface area contributed by atoms with Crippen LogP contribution in [0.2, 0.25) is 0 Å². The number of aryl methyl sites for hydroxylation is 1. The van der Waals surface area contributed by atoms with Gasteiger partial charge in [0, 0.05) is 48.1 Å². The second-order valence-electron chi connectivity index (χ2n) is 9.37. The van der Waals surface area contributed by atoms with Gasteiger partial charge in [-0.25, -0.2) is 18.1 Å². The zero-order valence-corrected chi connectivity index (χ0v) is 24.8. The highest BCUT2D eigenvalue weighted by molar-refractivity contribution is 7.89. The normalized spacial score (nSPS) is 11.5. The third kappa shape index (κ3) is 7.55. The molecule has 1 amide bonds. The molecule has 0 bridgehead atoms. The maximum Gasteiger partial charge on any atom is 0.251 e. The van der Waals surface area contributed by atoms with Gasteiger partial charge in [-0.05, 0) is 65.9 Å². The molecule has 0 aliphatic carbocycles. The fraction of sp³-hybridized carbons (Fsp3) is 0.267. The first-order chi connectivity index (χ1) is 19.8. The molecule has 11 heteroatoms. The predicted octanol–water partition coefficient (Wildman–Crippen LogP) is 5.19. The van der Waals surface area contributed by atoms with Crippen molar-refractivity contribution in [3.8, 4) is 5.75 Å². The van der Waals surface area contributed by atoms with E-state index in [2.05, 4.69) is 15.0 Å². The summed E-state index contributed by atoms with van der Waals surface area (Å²) in [7, 11) is -4.00. The SMILES string of the molecule is Cc1ccc2cccc(OCc3c(CCl)ccc(S(=O)(=O)NCc4cccc(C(=O)NCCCO)c4)c3CCl)c2n1. The second kappa shape index (κ2) is 14.1. The molecule has 3 aromatic carbocycles. The number of fused-ring (bicyclic) bond motifs is 1. The first-order valence-corrected chi connectivity index (χ1v) is 15.5. The molecule has 1 heterocycles. The smallest absolute Gasteiger partial charge is 0.251 e. The number of hydrogen-bond donors (Lipinski definition) is 3. The molecule has 1 aromatic heterocycles. The van der Waals surface area contributed by atoms with Gasteiger partial charge in [-0.1, -0.05) is 36.4 Å². The summed E-state index contributed by atoms with van der Waals surface area (Å²) in [5.74, 6) is 0.344. The number of aliphatic hydroxyl groups excluding tert-OH is 1. The van der Waals surface area contributed by atoms with Gasteiger partial charge in [0.15, 0.2) is 0 Å². The Kier molecular flexibility index (Phi) is 10.6. The number of nitrogens with one attached hydrogen (secondary N) is 2. The molecule has 4 aromatic rings. The summed E-state index contributed by atoms with van der Waals surface area (Å²) >= 11 is 12.6. The number of pyridine rings is 1. The largest absolute Gasteiger partial charge is 0.487 e. The van der Waals surface area contributed by atoms with E-state index in [1.807, 2.05) is 37.3 Å². The Bertz CT molecular complexity index is 1650. The van der Waals surface area contributed by atoms with Crippen molar-refractivity contribution in [2.24, 2.45) is 0 Å². The molecular weight excluding hydrogens is 585 g/mol. The number of ether oxygens (including phenoxy) is 1. The highest BCUT2D eigenvalue weighted by atomic mass is 35.5. The molecule has 41 heavy (non-hydrogen) atoms. The Morgan fingerprint density at radius 2 is 1.80 bits per heavy atom. The number of para-hydroxylation sites is 1. The van der Waals surface area contributed by atoms with Crippen LogP contribution in [0, 0.1) is 6.92 Å². The van der Waals surface area contributed by atoms with Crippen LogP contribution < -0.4 is 14.8 Å². The molecule has 0 radical (unpaired) electrons. The lowest BCUT2D eigenvalue weighted by Crippen LogP contribution is -2.26. The van der Waals surface area contributed by atoms with Crippen molar-refractivity contribution >= 4 is 50.0 Å². The molecule has 4 rings (SSSR count). The van der Waals surface area contributed by atoms with Crippen molar-refractivity contribution < 1.29 is 23.1 Å². The van der Waals surface area contributed by atoms with E-state index < -0.39 is 10.0 Å². The summed E-state index contributed by atoms with van der Waals surface area (Å²) in [6.07, 6.45) is 0.447. The molecule has 0 spiro atoms. The van der Waals surface area contributed by atoms with Crippen molar-refractivity contribution in [1.29, 1.82) is 0 Å². The number of aliphatic hydroxyl groups is 1. The number of sulfonamides is 1. The average molecular weight is 617 g/mol. The van der Waals surface area contributed by atoms with Gasteiger partial charge >= 0.3 is 0 Å². The first kappa shape index (κ1) is 30.7. The number of benzene rings is 3. The predicted molar refractivity (Wildman–Crippen MR) is 161 cm³/mol. The highest BCUT2D eigenvalue weighted by Gasteiger charge is 2.23. The fourth-order valence-corrected chi connectivity index (χ4v) is 6.28. The monoisotopic (exact) mass is 615 g/mol. The van der Waals surface area contributed by atoms with E-state index in [-0.39, 0.29) is 42.3 Å². The van der Waals surface area contributed by atoms with Crippen molar-refractivity contribution in [2.75, 3.05) is 13.2 Å². The van der Waals surface area contributed by atoms with Crippen LogP contribution in [0.3, 0.4) is 0 Å². The Hall–Kier alpha value is -3.21. The third-order valence-electron chi connectivity index (χ3n) is 6.52. The molecule has 0 saturated carbocycles. The highest BCUT2D eigenvalue weighted by Crippen LogP contribution is 2.30. The standard InChI is InChI=1S/C30H31Cl2N3O5S/c1-20-9-10-22-6-3-8-27(29(22)35-20)40-19-26-24(16-31)11-12-28(25(26)17-32)41(38,39)34-18-21-5-2-7-23(15-21)30(37)33-13-4-14-36/h2-3,5-12,15,34,36H,4,13-14,16-19H2,1H3,(H,33,37). The zero-order valence-electron chi connectivity index (χ0n) is 22.5. The van der Waals surface area contributed by atoms with Crippen LogP contribution in [-0.4, -0.2) is 37.6 Å². The maximum absolute atomic E-state index is 13.5. The number of halogens is 2. The quantitative estimate of drug-likeness (QED) is 0.141. The summed E-state index contributed by atoms with van der Waals surface area (Å²) in [5, 5.41) is 12.5. The van der Waals surface area contributed by atoms with E-state index in [9.17, 15) is 13.2 Å². The van der Waals surface area contributed by atoms with E-state index in [1.54, 1.807) is 30.3 Å². The van der Waals surface area contributed by atoms with Gasteiger partial charge in [-0.15, -0.1) is 23.2 Å². The third-order valence-corrected chi connectivity index (χ3v) is 8.56. The number of alkyl halides is 2. The van der Waals surface area contributed by atoms with Crippen LogP contribution in [0.5, 0.6) is 5.75 Å². The van der Waals surface area contributed by atoms with Gasteiger partial charge in [-0.3, -0.25) is 4.79 Å². The number of carbonyl (C=O) groups is 1. The van der Waals surface area contributed by atoms with Crippen molar-refractivity contribution in [1.82, 2.24) is 15.0 Å². The molecular formula is C30H31Cl2N3O5S. The van der Waals surface area contributed by atoms with E-state index in [1.165, 1.54) is 6.07 Å². The molecule has 3 N–H and O–H groups in total. The van der Waals surface area contributed by atoms with Crippen LogP contribution in [0.4, 0.5) is 0 Å². The maximum atomic E-state index is 13.5. The topological polar surface area (TPSA) is 118 Å². The van der Waals surface area contributed by atoms with Crippen LogP contribution in [-0.2, 0) is 34.9 Å². The number of aromatic nitrogens is 1. The first-order valence-electron chi connectivity index (χ1n) is 13.0. The number of amides is 1. The number of rotatable bonds is 13. The van der Waals surface area contributed by atoms with Crippen LogP contribution in [0.25, 0.3) is 10.9 Å². The second-order valence-corrected chi connectivity index (χ2v) is 11.6. The minimum atomic E-state index is -4.00. The Balaban J connectivity index is 1.56. The van der Waals surface area contributed by atoms with Gasteiger partial charge in [-0.2, -0.15) is 0 Å². The lowest BCUT2D eigenvalue weighted by atomic mass is 10.0. The fourth-order valence-electron chi connectivity index (χ4n) is 4.37. The molecule has 0 aliphatic heterocycles. The summed E-state index contributed by atoms with van der Waals surface area (Å²) in [6.45, 7) is 2.24. The molecule has 8 nitrogen and oxygen atoms in total. The lowest BCUT2D eigenvalue weighted by molar-refractivity contribution is 0.0951. The van der Waals surface area contributed by atoms with E-state index in [0.717, 1.165) is 11.1 Å². The van der Waals surface area contributed by atoms with Gasteiger partial charge in [0.2, 0.25) is 10.0 Å². The van der Waals surface area contributed by atoms with Crippen LogP contribution >= 0.6 is 23.2 Å². The molecule has 216 valence electrons. The summed E-state index contributed by atoms with van der Waals surface area (Å²) in [4.78, 5) is 17.0. The molecule has 0 unspecified atom stereocenters. The number of hydrogen-bond acceptors (Lipinski definition) is 6. The Morgan fingerprint density at radius 1 is 1.00 bits per heavy atom. The van der Waals surface area contributed by atoms with Gasteiger partial charge in [0.1, 0.15) is 17.9 Å². The molecule has 0 fully saturated rings. The number of nitrogens with zero attached hydrogens (tertiary/aromatic N) is 1. The summed E-state index contributed by atoms with van der Waals surface area (Å²) < 4.78 is 35.7. The number of carbonyl (C=O) groups excluding carboxylic acids is 1. The van der Waals surface area contributed by atoms with Gasteiger partial charge in [0.05, 0.1) is 4.90 Å². The molecule has 0 aliphatic rings. The van der Waals surface area contributed by atoms with E-state index in [4.69, 9.17) is 33.0 Å². The van der Waals surface area contributed by atoms with Crippen molar-refractivity contribution in [3.05, 3.63) is 100 Å². The van der Waals surface area contributed by atoms with Gasteiger partial charge in [0.25, 0.3) is 5.91 Å². The molecule has 0 saturated heterocycles. The van der Waals surface area contributed by atoms with Crippen molar-refractivity contribution in [3.63, 3.8) is 0 Å². The average Bonchev–Trinajstić information content (AvgIpc) is 2.98. The Morgan fingerprint density at radius 3 is 2.56 bits per heavy atom. The summed E-state index contributed by atoms with van der Waals surface area (Å²) in [5.41, 5.74) is 4.28. The van der Waals surface area contributed by atoms with E-state index >= 15 is 0 Å². The van der Waals surface area contributed by atoms with Gasteiger partial charge < -0.3 is 15.2 Å². The van der Waals surface area contributed by atoms with Crippen molar-refractivity contribution in [2.45, 2.75) is 43.2 Å². The Labute approximate surface area is 249 Å². The zero-order chi connectivity index (χ0) is 29.4. The lowest BCUT2D eigenvalue weighted by Gasteiger charge is -2.18. The van der Waals surface area contributed by atoms with Crippen LogP contribution in [0.15, 0.2) is 71.6 Å². The summed E-state index contributed by atoms with van der Waals surface area (Å²) in [6, 6.07) is 19.4.